The van der Waals surface area contributed by atoms with E-state index in [1.165, 1.54) is 0 Å². The second-order valence-electron chi connectivity index (χ2n) is 13.8. The van der Waals surface area contributed by atoms with Gasteiger partial charge in [-0.1, -0.05) is 174 Å². The summed E-state index contributed by atoms with van der Waals surface area (Å²) in [5.41, 5.74) is 8.21. The van der Waals surface area contributed by atoms with Crippen LogP contribution in [0.15, 0.2) is 0 Å². The molecular weight excluding hydrogens is 437 g/mol. The number of rotatable bonds is 12. The highest BCUT2D eigenvalue weighted by Crippen LogP contribution is 2.60. The minimum absolute atomic E-state index is 0.912. The SMILES string of the molecule is CC(C)[Si](C(C)C)(C(C)C)[SiH]([Si](C(C)C)(C(C)C)C(C)C)[Si](C(C)C)(C(C)C)C(C)C. The Balaban J connectivity index is 8.22. The summed E-state index contributed by atoms with van der Waals surface area (Å²) in [5.74, 6) is 0. The molecule has 188 valence electrons. The number of hydrogen-bond acceptors (Lipinski definition) is 0. The average Bonchev–Trinajstić information content (AvgIpc) is 2.52. The van der Waals surface area contributed by atoms with E-state index in [4.69, 9.17) is 0 Å². The summed E-state index contributed by atoms with van der Waals surface area (Å²) in [6.45, 7) is 48.4. The van der Waals surface area contributed by atoms with Crippen LogP contribution < -0.4 is 0 Å². The molecule has 0 spiro atoms. The molecule has 0 bridgehead atoms. The van der Waals surface area contributed by atoms with Crippen LogP contribution in [0.5, 0.6) is 0 Å². The van der Waals surface area contributed by atoms with Crippen molar-refractivity contribution < 1.29 is 0 Å². The molecular formula is C27H64Si4. The van der Waals surface area contributed by atoms with E-state index < -0.39 is 30.1 Å². The largest absolute Gasteiger partial charge is 0.0654 e. The normalized spacial score (nSPS) is 15.1. The van der Waals surface area contributed by atoms with Crippen LogP contribution in [-0.2, 0) is 0 Å². The van der Waals surface area contributed by atoms with Crippen LogP contribution in [0, 0.1) is 0 Å². The Morgan fingerprint density at radius 1 is 0.258 bits per heavy atom. The Labute approximate surface area is 204 Å². The highest BCUT2D eigenvalue weighted by Gasteiger charge is 2.69. The van der Waals surface area contributed by atoms with Crippen LogP contribution in [-0.4, -0.2) is 30.1 Å². The van der Waals surface area contributed by atoms with Crippen molar-refractivity contribution in [3.05, 3.63) is 0 Å². The van der Waals surface area contributed by atoms with Crippen molar-refractivity contribution in [2.75, 3.05) is 0 Å². The fourth-order valence-corrected chi connectivity index (χ4v) is 134. The minimum Gasteiger partial charge on any atom is -0.0654 e. The Kier molecular flexibility index (Phi) is 11.9. The Bertz CT molecular complexity index is 388. The van der Waals surface area contributed by atoms with Crippen LogP contribution in [0.4, 0.5) is 0 Å². The molecule has 0 aliphatic carbocycles. The van der Waals surface area contributed by atoms with Crippen molar-refractivity contribution in [1.29, 1.82) is 0 Å². The molecule has 0 rings (SSSR count). The summed E-state index contributed by atoms with van der Waals surface area (Å²) in [6.07, 6.45) is 0. The van der Waals surface area contributed by atoms with Gasteiger partial charge < -0.3 is 0 Å². The van der Waals surface area contributed by atoms with Gasteiger partial charge in [-0.15, -0.1) is 0 Å². The van der Waals surface area contributed by atoms with Crippen molar-refractivity contribution in [2.45, 2.75) is 174 Å². The van der Waals surface area contributed by atoms with Crippen LogP contribution in [0.2, 0.25) is 49.9 Å². The zero-order valence-electron chi connectivity index (χ0n) is 25.3. The predicted molar refractivity (Wildman–Crippen MR) is 160 cm³/mol. The molecule has 0 aromatic rings. The second-order valence-corrected chi connectivity index (χ2v) is 50.5. The molecule has 0 heterocycles. The van der Waals surface area contributed by atoms with Gasteiger partial charge in [0.2, 0.25) is 0 Å². The predicted octanol–water partition coefficient (Wildman–Crippen LogP) is 10.5. The molecule has 0 nitrogen and oxygen atoms in total. The van der Waals surface area contributed by atoms with Crippen molar-refractivity contribution >= 4 is 30.1 Å². The molecule has 0 radical (unpaired) electrons. The van der Waals surface area contributed by atoms with Gasteiger partial charge in [0.1, 0.15) is 0 Å². The molecule has 0 aromatic carbocycles. The summed E-state index contributed by atoms with van der Waals surface area (Å²) in [6, 6.07) is 0. The first-order valence-corrected chi connectivity index (χ1v) is 26.0. The maximum atomic E-state index is 2.69. The summed E-state index contributed by atoms with van der Waals surface area (Å²) in [7, 11) is -5.72. The number of hydrogen-bond donors (Lipinski definition) is 0. The maximum absolute atomic E-state index is 2.69. The lowest BCUT2D eigenvalue weighted by Crippen LogP contribution is -2.85. The lowest BCUT2D eigenvalue weighted by molar-refractivity contribution is 0.817. The van der Waals surface area contributed by atoms with Crippen LogP contribution >= 0.6 is 0 Å². The first kappa shape index (κ1) is 31.9. The highest BCUT2D eigenvalue weighted by atomic mass is 29.9. The molecule has 31 heavy (non-hydrogen) atoms. The molecule has 4 heteroatoms. The van der Waals surface area contributed by atoms with Crippen molar-refractivity contribution in [3.63, 3.8) is 0 Å². The molecule has 0 unspecified atom stereocenters. The topological polar surface area (TPSA) is 0 Å². The van der Waals surface area contributed by atoms with Crippen molar-refractivity contribution in [2.24, 2.45) is 0 Å². The molecule has 0 amide bonds. The summed E-state index contributed by atoms with van der Waals surface area (Å²) >= 11 is 0. The van der Waals surface area contributed by atoms with Crippen molar-refractivity contribution in [3.8, 4) is 0 Å². The van der Waals surface area contributed by atoms with E-state index in [0.29, 0.717) is 0 Å². The zero-order chi connectivity index (χ0) is 25.3. The Morgan fingerprint density at radius 2 is 0.355 bits per heavy atom. The molecule has 0 saturated carbocycles. The van der Waals surface area contributed by atoms with Gasteiger partial charge in [0.25, 0.3) is 0 Å². The van der Waals surface area contributed by atoms with Gasteiger partial charge in [-0.2, -0.15) is 0 Å². The van der Waals surface area contributed by atoms with Gasteiger partial charge in [-0.25, -0.2) is 0 Å². The quantitative estimate of drug-likeness (QED) is 0.234. The molecule has 0 aliphatic heterocycles. The van der Waals surface area contributed by atoms with E-state index in [-0.39, 0.29) is 0 Å². The second kappa shape index (κ2) is 11.5. The fraction of sp³-hybridized carbons (Fsp3) is 1.00. The van der Waals surface area contributed by atoms with Crippen LogP contribution in [0.3, 0.4) is 0 Å². The third-order valence-corrected chi connectivity index (χ3v) is 85.5. The summed E-state index contributed by atoms with van der Waals surface area (Å²) in [4.78, 5) is 0. The van der Waals surface area contributed by atoms with E-state index in [0.717, 1.165) is 49.9 Å². The zero-order valence-corrected chi connectivity index (χ0v) is 29.4. The van der Waals surface area contributed by atoms with Gasteiger partial charge in [0.15, 0.2) is 0 Å². The van der Waals surface area contributed by atoms with Gasteiger partial charge in [-0.05, 0) is 0 Å². The van der Waals surface area contributed by atoms with E-state index in [9.17, 15) is 0 Å². The van der Waals surface area contributed by atoms with Gasteiger partial charge in [0, 0.05) is 30.1 Å². The molecule has 0 atom stereocenters. The lowest BCUT2D eigenvalue weighted by Gasteiger charge is -2.68. The summed E-state index contributed by atoms with van der Waals surface area (Å²) < 4.78 is 0. The van der Waals surface area contributed by atoms with Gasteiger partial charge in [-0.3, -0.25) is 0 Å². The van der Waals surface area contributed by atoms with Crippen LogP contribution in [0.25, 0.3) is 0 Å². The Morgan fingerprint density at radius 3 is 0.419 bits per heavy atom. The van der Waals surface area contributed by atoms with Gasteiger partial charge in [0.05, 0.1) is 0 Å². The van der Waals surface area contributed by atoms with Crippen LogP contribution in [0.1, 0.15) is 125 Å². The maximum Gasteiger partial charge on any atom is 0.0467 e. The molecule has 0 aromatic heterocycles. The molecule has 0 aliphatic rings. The smallest absolute Gasteiger partial charge is 0.0467 e. The van der Waals surface area contributed by atoms with Crippen molar-refractivity contribution in [1.82, 2.24) is 0 Å². The molecule has 0 saturated heterocycles. The first-order valence-electron chi connectivity index (χ1n) is 13.9. The average molecular weight is 501 g/mol. The third-order valence-electron chi connectivity index (χ3n) is 10.5. The summed E-state index contributed by atoms with van der Waals surface area (Å²) in [5, 5.41) is 0. The van der Waals surface area contributed by atoms with E-state index in [1.54, 1.807) is 0 Å². The van der Waals surface area contributed by atoms with Gasteiger partial charge >= 0.3 is 0 Å². The van der Waals surface area contributed by atoms with E-state index in [1.807, 2.05) is 0 Å². The highest BCUT2D eigenvalue weighted by molar-refractivity contribution is 7.84. The molecule has 0 fully saturated rings. The minimum atomic E-state index is -1.54. The first-order chi connectivity index (χ1) is 13.9. The standard InChI is InChI=1S/C27H64Si4/c1-19(2)29(20(3)4,21(5)6)28(30(22(7)8,23(9)10)24(11)12)31(25(13)14,26(15)16)27(17)18/h19-28H,1-18H3. The Hall–Kier alpha value is 0.868. The molecule has 0 N–H and O–H groups in total. The monoisotopic (exact) mass is 500 g/mol. The van der Waals surface area contributed by atoms with E-state index >= 15 is 0 Å². The third kappa shape index (κ3) is 4.84. The van der Waals surface area contributed by atoms with E-state index in [2.05, 4.69) is 125 Å². The lowest BCUT2D eigenvalue weighted by atomic mass is 10.5. The fourth-order valence-electron chi connectivity index (χ4n) is 10.3.